The first-order valence-corrected chi connectivity index (χ1v) is 8.59. The molecular weight excluding hydrogens is 306 g/mol. The van der Waals surface area contributed by atoms with Crippen LogP contribution in [0.15, 0.2) is 24.3 Å². The number of amides is 2. The van der Waals surface area contributed by atoms with Crippen molar-refractivity contribution in [3.8, 4) is 0 Å². The topological polar surface area (TPSA) is 72.9 Å². The molecule has 0 saturated heterocycles. The summed E-state index contributed by atoms with van der Waals surface area (Å²) in [6, 6.07) is 6.46. The average Bonchev–Trinajstić information content (AvgIpc) is 2.60. The number of carbonyl (C=O) groups excluding carboxylic acids is 1. The van der Waals surface area contributed by atoms with Gasteiger partial charge in [-0.15, -0.1) is 0 Å². The lowest BCUT2D eigenvalue weighted by molar-refractivity contribution is 0.0697. The van der Waals surface area contributed by atoms with Crippen LogP contribution in [0.25, 0.3) is 0 Å². The van der Waals surface area contributed by atoms with Crippen LogP contribution in [0, 0.1) is 0 Å². The highest BCUT2D eigenvalue weighted by Gasteiger charge is 2.11. The molecule has 0 aliphatic rings. The third-order valence-electron chi connectivity index (χ3n) is 4.11. The van der Waals surface area contributed by atoms with Crippen LogP contribution in [0.5, 0.6) is 0 Å². The highest BCUT2D eigenvalue weighted by molar-refractivity contribution is 5.87. The van der Waals surface area contributed by atoms with Gasteiger partial charge in [0.25, 0.3) is 0 Å². The van der Waals surface area contributed by atoms with E-state index in [0.29, 0.717) is 13.1 Å². The minimum atomic E-state index is -0.948. The van der Waals surface area contributed by atoms with Gasteiger partial charge in [-0.25, -0.2) is 9.59 Å². The molecule has 24 heavy (non-hydrogen) atoms. The summed E-state index contributed by atoms with van der Waals surface area (Å²) >= 11 is 0. The Morgan fingerprint density at radius 3 is 2.12 bits per heavy atom. The van der Waals surface area contributed by atoms with E-state index in [1.165, 1.54) is 0 Å². The number of rotatable bonds is 10. The van der Waals surface area contributed by atoms with E-state index >= 15 is 0 Å². The van der Waals surface area contributed by atoms with Crippen molar-refractivity contribution in [2.45, 2.75) is 33.7 Å². The molecule has 0 radical (unpaired) electrons. The van der Waals surface area contributed by atoms with E-state index in [0.717, 1.165) is 38.2 Å². The summed E-state index contributed by atoms with van der Waals surface area (Å²) in [4.78, 5) is 27.2. The Morgan fingerprint density at radius 2 is 1.62 bits per heavy atom. The number of nitrogens with one attached hydrogen (secondary N) is 1. The molecule has 0 saturated carbocycles. The smallest absolute Gasteiger partial charge is 0.335 e. The minimum absolute atomic E-state index is 0.0839. The summed E-state index contributed by atoms with van der Waals surface area (Å²) in [6.07, 6.45) is 0.955. The molecule has 134 valence electrons. The SMILES string of the molecule is CCN(CC)CCCN(CC)C(=O)NCc1ccc(C(=O)O)cc1. The van der Waals surface area contributed by atoms with Crippen LogP contribution in [-0.4, -0.2) is 59.6 Å². The van der Waals surface area contributed by atoms with Crippen molar-refractivity contribution in [2.24, 2.45) is 0 Å². The standard InChI is InChI=1S/C18H29N3O3/c1-4-20(5-2)12-7-13-21(6-3)18(24)19-14-15-8-10-16(11-9-15)17(22)23/h8-11H,4-7,12-14H2,1-3H3,(H,19,24)(H,22,23). The maximum atomic E-state index is 12.2. The molecule has 0 atom stereocenters. The Balaban J connectivity index is 2.42. The van der Waals surface area contributed by atoms with Gasteiger partial charge >= 0.3 is 12.0 Å². The molecule has 6 nitrogen and oxygen atoms in total. The molecule has 0 aromatic heterocycles. The number of carboxylic acids is 1. The van der Waals surface area contributed by atoms with Crippen LogP contribution in [-0.2, 0) is 6.54 Å². The molecule has 0 aliphatic heterocycles. The second-order valence-electron chi connectivity index (χ2n) is 5.62. The molecule has 1 rings (SSSR count). The molecule has 0 heterocycles. The van der Waals surface area contributed by atoms with Crippen molar-refractivity contribution in [3.05, 3.63) is 35.4 Å². The molecule has 0 spiro atoms. The molecule has 1 aromatic rings. The number of carbonyl (C=O) groups is 2. The van der Waals surface area contributed by atoms with Gasteiger partial charge < -0.3 is 20.2 Å². The van der Waals surface area contributed by atoms with Gasteiger partial charge in [0.1, 0.15) is 0 Å². The molecule has 0 bridgehead atoms. The van der Waals surface area contributed by atoms with Crippen molar-refractivity contribution < 1.29 is 14.7 Å². The highest BCUT2D eigenvalue weighted by atomic mass is 16.4. The maximum Gasteiger partial charge on any atom is 0.335 e. The van der Waals surface area contributed by atoms with Crippen molar-refractivity contribution >= 4 is 12.0 Å². The van der Waals surface area contributed by atoms with Gasteiger partial charge in [-0.3, -0.25) is 0 Å². The van der Waals surface area contributed by atoms with Gasteiger partial charge in [0.2, 0.25) is 0 Å². The second-order valence-corrected chi connectivity index (χ2v) is 5.62. The lowest BCUT2D eigenvalue weighted by Gasteiger charge is -2.24. The van der Waals surface area contributed by atoms with Crippen molar-refractivity contribution in [1.82, 2.24) is 15.1 Å². The summed E-state index contributed by atoms with van der Waals surface area (Å²) in [7, 11) is 0. The Bertz CT molecular complexity index is 513. The van der Waals surface area contributed by atoms with Crippen LogP contribution in [0.4, 0.5) is 4.79 Å². The summed E-state index contributed by atoms with van der Waals surface area (Å²) in [5, 5.41) is 11.8. The van der Waals surface area contributed by atoms with E-state index in [4.69, 9.17) is 5.11 Å². The number of benzene rings is 1. The molecule has 6 heteroatoms. The van der Waals surface area contributed by atoms with Crippen molar-refractivity contribution in [3.63, 3.8) is 0 Å². The average molecular weight is 335 g/mol. The fraction of sp³-hybridized carbons (Fsp3) is 0.556. The van der Waals surface area contributed by atoms with Crippen LogP contribution in [0.3, 0.4) is 0 Å². The van der Waals surface area contributed by atoms with E-state index in [1.54, 1.807) is 29.2 Å². The number of urea groups is 1. The van der Waals surface area contributed by atoms with Crippen LogP contribution in [0.1, 0.15) is 43.1 Å². The molecular formula is C18H29N3O3. The van der Waals surface area contributed by atoms with Crippen LogP contribution >= 0.6 is 0 Å². The van der Waals surface area contributed by atoms with Crippen LogP contribution < -0.4 is 5.32 Å². The summed E-state index contributed by atoms with van der Waals surface area (Å²) in [5.74, 6) is -0.948. The molecule has 0 aliphatic carbocycles. The quantitative estimate of drug-likeness (QED) is 0.689. The lowest BCUT2D eigenvalue weighted by Crippen LogP contribution is -2.41. The largest absolute Gasteiger partial charge is 0.478 e. The number of carboxylic acid groups (broad SMARTS) is 1. The predicted octanol–water partition coefficient (Wildman–Crippen LogP) is 2.65. The normalized spacial score (nSPS) is 10.7. The van der Waals surface area contributed by atoms with Crippen molar-refractivity contribution in [2.75, 3.05) is 32.7 Å². The molecule has 2 amide bonds. The number of nitrogens with zero attached hydrogens (tertiary/aromatic N) is 2. The zero-order chi connectivity index (χ0) is 17.9. The van der Waals surface area contributed by atoms with E-state index in [9.17, 15) is 9.59 Å². The third kappa shape index (κ3) is 6.58. The molecule has 1 aromatic carbocycles. The van der Waals surface area contributed by atoms with Gasteiger partial charge in [0.05, 0.1) is 5.56 Å². The van der Waals surface area contributed by atoms with Gasteiger partial charge in [-0.1, -0.05) is 26.0 Å². The summed E-state index contributed by atoms with van der Waals surface area (Å²) in [6.45, 7) is 11.1. The first kappa shape index (κ1) is 20.0. The Morgan fingerprint density at radius 1 is 1.00 bits per heavy atom. The Hall–Kier alpha value is -2.08. The zero-order valence-corrected chi connectivity index (χ0v) is 14.9. The monoisotopic (exact) mass is 335 g/mol. The van der Waals surface area contributed by atoms with Crippen LogP contribution in [0.2, 0.25) is 0 Å². The fourth-order valence-corrected chi connectivity index (χ4v) is 2.48. The summed E-state index contributed by atoms with van der Waals surface area (Å²) < 4.78 is 0. The number of hydrogen-bond acceptors (Lipinski definition) is 3. The lowest BCUT2D eigenvalue weighted by atomic mass is 10.1. The van der Waals surface area contributed by atoms with Crippen molar-refractivity contribution in [1.29, 1.82) is 0 Å². The predicted molar refractivity (Wildman–Crippen MR) is 95.3 cm³/mol. The van der Waals surface area contributed by atoms with E-state index in [1.807, 2.05) is 6.92 Å². The van der Waals surface area contributed by atoms with Gasteiger partial charge in [-0.2, -0.15) is 0 Å². The van der Waals surface area contributed by atoms with E-state index in [2.05, 4.69) is 24.1 Å². The number of hydrogen-bond donors (Lipinski definition) is 2. The first-order valence-electron chi connectivity index (χ1n) is 8.59. The minimum Gasteiger partial charge on any atom is -0.478 e. The van der Waals surface area contributed by atoms with E-state index in [-0.39, 0.29) is 11.6 Å². The Labute approximate surface area is 144 Å². The molecule has 0 unspecified atom stereocenters. The highest BCUT2D eigenvalue weighted by Crippen LogP contribution is 2.05. The second kappa shape index (κ2) is 10.6. The Kier molecular flexibility index (Phi) is 8.86. The number of aromatic carboxylic acids is 1. The molecule has 2 N–H and O–H groups in total. The summed E-state index contributed by atoms with van der Waals surface area (Å²) in [5.41, 5.74) is 1.13. The maximum absolute atomic E-state index is 12.2. The molecule has 0 fully saturated rings. The van der Waals surface area contributed by atoms with Gasteiger partial charge in [-0.05, 0) is 50.7 Å². The fourth-order valence-electron chi connectivity index (χ4n) is 2.48. The third-order valence-corrected chi connectivity index (χ3v) is 4.11. The van der Waals surface area contributed by atoms with Gasteiger partial charge in [0, 0.05) is 19.6 Å². The van der Waals surface area contributed by atoms with E-state index < -0.39 is 5.97 Å². The zero-order valence-electron chi connectivity index (χ0n) is 14.9. The van der Waals surface area contributed by atoms with Gasteiger partial charge in [0.15, 0.2) is 0 Å². The first-order chi connectivity index (χ1) is 11.5.